The molecule has 18 heavy (non-hydrogen) atoms. The molecule has 5 heteroatoms. The molecule has 0 bridgehead atoms. The Hall–Kier alpha value is -1.75. The molecule has 1 atom stereocenters. The number of anilines is 1. The number of hydrogen-bond acceptors (Lipinski definition) is 4. The molecule has 0 saturated carbocycles. The molecular formula is C13H19N3O2. The number of nitrogens with two attached hydrogens (primary N) is 1. The zero-order valence-corrected chi connectivity index (χ0v) is 10.6. The minimum Gasteiger partial charge on any atom is -0.453 e. The summed E-state index contributed by atoms with van der Waals surface area (Å²) in [4.78, 5) is 13.4. The molecule has 1 amide bonds. The average molecular weight is 249 g/mol. The number of nitrogens with zero attached hydrogens (tertiary/aromatic N) is 1. The van der Waals surface area contributed by atoms with Gasteiger partial charge in [0.25, 0.3) is 0 Å². The van der Waals surface area contributed by atoms with Crippen LogP contribution in [0.1, 0.15) is 12.0 Å². The van der Waals surface area contributed by atoms with E-state index in [0.29, 0.717) is 6.54 Å². The second-order valence-electron chi connectivity index (χ2n) is 4.44. The first-order valence-corrected chi connectivity index (χ1v) is 6.11. The SMILES string of the molecule is COC(=O)NC1CCN(c2ccc(CN)cc2)C1. The maximum atomic E-state index is 11.1. The summed E-state index contributed by atoms with van der Waals surface area (Å²) in [5.41, 5.74) is 7.87. The van der Waals surface area contributed by atoms with E-state index >= 15 is 0 Å². The highest BCUT2D eigenvalue weighted by atomic mass is 16.5. The number of hydrogen-bond donors (Lipinski definition) is 2. The summed E-state index contributed by atoms with van der Waals surface area (Å²) in [5, 5.41) is 2.83. The third-order valence-corrected chi connectivity index (χ3v) is 3.23. The minimum absolute atomic E-state index is 0.159. The topological polar surface area (TPSA) is 67.6 Å². The molecule has 0 radical (unpaired) electrons. The van der Waals surface area contributed by atoms with Crippen LogP contribution in [0.5, 0.6) is 0 Å². The van der Waals surface area contributed by atoms with Crippen molar-refractivity contribution in [1.82, 2.24) is 5.32 Å². The highest BCUT2D eigenvalue weighted by Crippen LogP contribution is 2.20. The normalized spacial score (nSPS) is 18.8. The molecule has 1 aliphatic heterocycles. The van der Waals surface area contributed by atoms with E-state index in [-0.39, 0.29) is 12.1 Å². The number of benzene rings is 1. The van der Waals surface area contributed by atoms with Crippen molar-refractivity contribution in [2.45, 2.75) is 19.0 Å². The van der Waals surface area contributed by atoms with E-state index < -0.39 is 0 Å². The molecule has 1 heterocycles. The summed E-state index contributed by atoms with van der Waals surface area (Å²) in [7, 11) is 1.38. The summed E-state index contributed by atoms with van der Waals surface area (Å²) in [6, 6.07) is 8.38. The Morgan fingerprint density at radius 1 is 1.50 bits per heavy atom. The maximum Gasteiger partial charge on any atom is 0.407 e. The zero-order chi connectivity index (χ0) is 13.0. The van der Waals surface area contributed by atoms with Crippen molar-refractivity contribution in [3.63, 3.8) is 0 Å². The van der Waals surface area contributed by atoms with Crippen LogP contribution in [0.15, 0.2) is 24.3 Å². The molecule has 0 aliphatic carbocycles. The Bertz CT molecular complexity index is 405. The summed E-state index contributed by atoms with van der Waals surface area (Å²) < 4.78 is 4.60. The largest absolute Gasteiger partial charge is 0.453 e. The standard InChI is InChI=1S/C13H19N3O2/c1-18-13(17)15-11-6-7-16(9-11)12-4-2-10(8-14)3-5-12/h2-5,11H,6-9,14H2,1H3,(H,15,17). The maximum absolute atomic E-state index is 11.1. The van der Waals surface area contributed by atoms with Crippen molar-refractivity contribution in [3.8, 4) is 0 Å². The van der Waals surface area contributed by atoms with Gasteiger partial charge in [0.1, 0.15) is 0 Å². The third-order valence-electron chi connectivity index (χ3n) is 3.23. The van der Waals surface area contributed by atoms with Gasteiger partial charge in [-0.3, -0.25) is 0 Å². The van der Waals surface area contributed by atoms with Crippen molar-refractivity contribution in [2.24, 2.45) is 5.73 Å². The van der Waals surface area contributed by atoms with E-state index in [2.05, 4.69) is 27.1 Å². The van der Waals surface area contributed by atoms with Crippen LogP contribution in [0.2, 0.25) is 0 Å². The van der Waals surface area contributed by atoms with Gasteiger partial charge < -0.3 is 20.7 Å². The van der Waals surface area contributed by atoms with Gasteiger partial charge in [0.15, 0.2) is 0 Å². The van der Waals surface area contributed by atoms with Gasteiger partial charge >= 0.3 is 6.09 Å². The molecule has 1 unspecified atom stereocenters. The van der Waals surface area contributed by atoms with Gasteiger partial charge in [-0.25, -0.2) is 4.79 Å². The minimum atomic E-state index is -0.361. The Balaban J connectivity index is 1.93. The van der Waals surface area contributed by atoms with E-state index in [4.69, 9.17) is 5.73 Å². The van der Waals surface area contributed by atoms with E-state index in [9.17, 15) is 4.79 Å². The summed E-state index contributed by atoms with van der Waals surface area (Å²) in [6.07, 6.45) is 0.577. The Kier molecular flexibility index (Phi) is 4.04. The molecule has 98 valence electrons. The molecule has 1 aliphatic rings. The predicted octanol–water partition coefficient (Wildman–Crippen LogP) is 1.08. The Morgan fingerprint density at radius 2 is 2.22 bits per heavy atom. The first-order chi connectivity index (χ1) is 8.72. The lowest BCUT2D eigenvalue weighted by Crippen LogP contribution is -2.36. The number of carbonyl (C=O) groups is 1. The fraction of sp³-hybridized carbons (Fsp3) is 0.462. The number of ether oxygens (including phenoxy) is 1. The summed E-state index contributed by atoms with van der Waals surface area (Å²) in [5.74, 6) is 0. The van der Waals surface area contributed by atoms with Crippen molar-refractivity contribution in [1.29, 1.82) is 0 Å². The van der Waals surface area contributed by atoms with E-state index in [1.807, 2.05) is 12.1 Å². The Labute approximate surface area is 107 Å². The van der Waals surface area contributed by atoms with E-state index in [0.717, 1.165) is 25.1 Å². The van der Waals surface area contributed by atoms with Gasteiger partial charge in [0, 0.05) is 25.3 Å². The number of alkyl carbamates (subject to hydrolysis) is 1. The quantitative estimate of drug-likeness (QED) is 0.841. The first kappa shape index (κ1) is 12.7. The van der Waals surface area contributed by atoms with Crippen LogP contribution in [-0.4, -0.2) is 32.3 Å². The monoisotopic (exact) mass is 249 g/mol. The molecule has 1 fully saturated rings. The van der Waals surface area contributed by atoms with Crippen LogP contribution in [0, 0.1) is 0 Å². The third kappa shape index (κ3) is 2.92. The van der Waals surface area contributed by atoms with Crippen LogP contribution in [-0.2, 0) is 11.3 Å². The van der Waals surface area contributed by atoms with E-state index in [1.165, 1.54) is 12.8 Å². The van der Waals surface area contributed by atoms with Crippen LogP contribution >= 0.6 is 0 Å². The average Bonchev–Trinajstić information content (AvgIpc) is 2.87. The molecule has 1 aromatic carbocycles. The van der Waals surface area contributed by atoms with Crippen LogP contribution in [0.25, 0.3) is 0 Å². The number of carbonyl (C=O) groups excluding carboxylic acids is 1. The van der Waals surface area contributed by atoms with E-state index in [1.54, 1.807) is 0 Å². The summed E-state index contributed by atoms with van der Waals surface area (Å²) >= 11 is 0. The van der Waals surface area contributed by atoms with Crippen molar-refractivity contribution in [3.05, 3.63) is 29.8 Å². The molecule has 1 saturated heterocycles. The zero-order valence-electron chi connectivity index (χ0n) is 10.6. The lowest BCUT2D eigenvalue weighted by Gasteiger charge is -2.19. The van der Waals surface area contributed by atoms with Crippen molar-refractivity contribution >= 4 is 11.8 Å². The number of amides is 1. The molecule has 2 rings (SSSR count). The van der Waals surface area contributed by atoms with Gasteiger partial charge in [-0.2, -0.15) is 0 Å². The smallest absolute Gasteiger partial charge is 0.407 e. The van der Waals surface area contributed by atoms with Gasteiger partial charge in [-0.1, -0.05) is 12.1 Å². The molecule has 5 nitrogen and oxygen atoms in total. The lowest BCUT2D eigenvalue weighted by atomic mass is 10.2. The van der Waals surface area contributed by atoms with Crippen molar-refractivity contribution in [2.75, 3.05) is 25.1 Å². The predicted molar refractivity (Wildman–Crippen MR) is 70.5 cm³/mol. The fourth-order valence-corrected chi connectivity index (χ4v) is 2.18. The molecular weight excluding hydrogens is 230 g/mol. The van der Waals surface area contributed by atoms with Crippen LogP contribution < -0.4 is 16.0 Å². The first-order valence-electron chi connectivity index (χ1n) is 6.11. The molecule has 0 spiro atoms. The second-order valence-corrected chi connectivity index (χ2v) is 4.44. The highest BCUT2D eigenvalue weighted by Gasteiger charge is 2.24. The summed E-state index contributed by atoms with van der Waals surface area (Å²) in [6.45, 7) is 2.32. The molecule has 3 N–H and O–H groups in total. The second kappa shape index (κ2) is 5.73. The molecule has 1 aromatic rings. The Morgan fingerprint density at radius 3 is 2.83 bits per heavy atom. The van der Waals surface area contributed by atoms with Crippen LogP contribution in [0.3, 0.4) is 0 Å². The number of methoxy groups -OCH3 is 1. The number of rotatable bonds is 3. The highest BCUT2D eigenvalue weighted by molar-refractivity contribution is 5.67. The fourth-order valence-electron chi connectivity index (χ4n) is 2.18. The van der Waals surface area contributed by atoms with Gasteiger partial charge in [-0.15, -0.1) is 0 Å². The van der Waals surface area contributed by atoms with Gasteiger partial charge in [-0.05, 0) is 24.1 Å². The molecule has 0 aromatic heterocycles. The lowest BCUT2D eigenvalue weighted by molar-refractivity contribution is 0.167. The van der Waals surface area contributed by atoms with Crippen molar-refractivity contribution < 1.29 is 9.53 Å². The van der Waals surface area contributed by atoms with Crippen LogP contribution in [0.4, 0.5) is 10.5 Å². The van der Waals surface area contributed by atoms with Gasteiger partial charge in [0.05, 0.1) is 13.2 Å². The number of nitrogens with one attached hydrogen (secondary N) is 1. The van der Waals surface area contributed by atoms with Gasteiger partial charge in [0.2, 0.25) is 0 Å².